The fraction of sp³-hybridized carbons (Fsp3) is 0.517. The molecular weight excluding hydrogens is 692 g/mol. The number of benzene rings is 1. The lowest BCUT2D eigenvalue weighted by molar-refractivity contribution is -0.195. The van der Waals surface area contributed by atoms with Gasteiger partial charge in [-0.2, -0.15) is 8.42 Å². The summed E-state index contributed by atoms with van der Waals surface area (Å²) in [6, 6.07) is 2.82. The molecule has 1 fully saturated rings. The second-order valence-electron chi connectivity index (χ2n) is 10.8. The Morgan fingerprint density at radius 3 is 2.46 bits per heavy atom. The van der Waals surface area contributed by atoms with Gasteiger partial charge in [0.15, 0.2) is 6.10 Å². The van der Waals surface area contributed by atoms with Crippen LogP contribution in [-0.4, -0.2) is 134 Å². The molecule has 276 valence electrons. The molecule has 1 aromatic carbocycles. The molecule has 2 heterocycles. The van der Waals surface area contributed by atoms with Crippen LogP contribution in [-0.2, 0) is 54.9 Å². The van der Waals surface area contributed by atoms with E-state index in [1.54, 1.807) is 6.07 Å². The highest BCUT2D eigenvalue weighted by molar-refractivity contribution is 7.85. The predicted molar refractivity (Wildman–Crippen MR) is 166 cm³/mol. The Kier molecular flexibility index (Phi) is 14.9. The Morgan fingerprint density at radius 2 is 1.80 bits per heavy atom. The van der Waals surface area contributed by atoms with Gasteiger partial charge in [-0.15, -0.1) is 0 Å². The van der Waals surface area contributed by atoms with E-state index in [2.05, 4.69) is 16.0 Å². The zero-order valence-corrected chi connectivity index (χ0v) is 27.6. The molecule has 0 spiro atoms. The minimum atomic E-state index is -4.70. The van der Waals surface area contributed by atoms with E-state index in [1.165, 1.54) is 19.2 Å². The number of rotatable bonds is 19. The van der Waals surface area contributed by atoms with Gasteiger partial charge in [0.05, 0.1) is 19.3 Å². The highest BCUT2D eigenvalue weighted by atomic mass is 32.2. The van der Waals surface area contributed by atoms with Gasteiger partial charge in [0, 0.05) is 63.2 Å². The van der Waals surface area contributed by atoms with Gasteiger partial charge in [-0.3, -0.25) is 28.6 Å². The van der Waals surface area contributed by atoms with E-state index in [0.717, 1.165) is 17.1 Å². The maximum absolute atomic E-state index is 12.6. The van der Waals surface area contributed by atoms with Crippen LogP contribution in [0.5, 0.6) is 11.5 Å². The molecule has 0 radical (unpaired) electrons. The van der Waals surface area contributed by atoms with Gasteiger partial charge in [0.2, 0.25) is 18.1 Å². The molecule has 0 bridgehead atoms. The lowest BCUT2D eigenvalue weighted by Crippen LogP contribution is -2.51. The summed E-state index contributed by atoms with van der Waals surface area (Å²) < 4.78 is 59.5. The summed E-state index contributed by atoms with van der Waals surface area (Å²) in [5.74, 6) is -5.00. The number of carbonyl (C=O) groups is 6. The SMILES string of the molecule is CNC(=O)OCc1ccc(OC2CC(O)CC(C(=O)O)O2)cc1OCCOCCNC(=O)C(CS(=O)(=O)O)NC(=O)CCN1C(=O)C=CC1=O. The molecular formula is C29H38N4O16S. The van der Waals surface area contributed by atoms with E-state index in [1.807, 2.05) is 0 Å². The highest BCUT2D eigenvalue weighted by Crippen LogP contribution is 2.29. The minimum Gasteiger partial charge on any atom is -0.491 e. The molecule has 1 aromatic rings. The maximum Gasteiger partial charge on any atom is 0.407 e. The normalized spacial score (nSPS) is 19.4. The quantitative estimate of drug-likeness (QED) is 0.0513. The Morgan fingerprint density at radius 1 is 1.08 bits per heavy atom. The average molecular weight is 731 g/mol. The molecule has 50 heavy (non-hydrogen) atoms. The summed E-state index contributed by atoms with van der Waals surface area (Å²) in [5, 5.41) is 26.1. The number of aliphatic hydroxyl groups is 1. The van der Waals surface area contributed by atoms with Crippen LogP contribution < -0.4 is 25.4 Å². The second-order valence-corrected chi connectivity index (χ2v) is 12.3. The molecule has 4 atom stereocenters. The van der Waals surface area contributed by atoms with Crippen molar-refractivity contribution in [2.24, 2.45) is 0 Å². The van der Waals surface area contributed by atoms with Crippen molar-refractivity contribution < 1.29 is 75.6 Å². The van der Waals surface area contributed by atoms with Crippen molar-refractivity contribution in [3.05, 3.63) is 35.9 Å². The summed E-state index contributed by atoms with van der Waals surface area (Å²) in [6.07, 6.45) is -2.40. The molecule has 6 N–H and O–H groups in total. The summed E-state index contributed by atoms with van der Waals surface area (Å²) in [5.41, 5.74) is 0.434. The van der Waals surface area contributed by atoms with E-state index >= 15 is 0 Å². The van der Waals surface area contributed by atoms with Crippen molar-refractivity contribution in [1.82, 2.24) is 20.9 Å². The smallest absolute Gasteiger partial charge is 0.407 e. The van der Waals surface area contributed by atoms with Gasteiger partial charge < -0.3 is 49.8 Å². The first-order valence-corrected chi connectivity index (χ1v) is 16.7. The monoisotopic (exact) mass is 730 g/mol. The molecule has 0 saturated carbocycles. The van der Waals surface area contributed by atoms with Crippen molar-refractivity contribution >= 4 is 45.8 Å². The van der Waals surface area contributed by atoms with Crippen LogP contribution in [0.2, 0.25) is 0 Å². The number of aliphatic carboxylic acids is 1. The van der Waals surface area contributed by atoms with Gasteiger partial charge in [-0.05, 0) is 12.1 Å². The molecule has 21 heteroatoms. The highest BCUT2D eigenvalue weighted by Gasteiger charge is 2.34. The molecule has 3 rings (SSSR count). The summed E-state index contributed by atoms with van der Waals surface area (Å²) in [6.45, 7) is -0.798. The lowest BCUT2D eigenvalue weighted by atomic mass is 10.1. The molecule has 20 nitrogen and oxygen atoms in total. The minimum absolute atomic E-state index is 0.0236. The van der Waals surface area contributed by atoms with Crippen molar-refractivity contribution in [1.29, 1.82) is 0 Å². The van der Waals surface area contributed by atoms with Gasteiger partial charge in [0.1, 0.15) is 36.5 Å². The molecule has 5 amide bonds. The summed E-state index contributed by atoms with van der Waals surface area (Å²) in [4.78, 5) is 71.9. The third-order valence-corrected chi connectivity index (χ3v) is 7.69. The van der Waals surface area contributed by atoms with E-state index < -0.39 is 82.5 Å². The zero-order valence-electron chi connectivity index (χ0n) is 26.8. The lowest BCUT2D eigenvalue weighted by Gasteiger charge is -2.31. The Bertz CT molecular complexity index is 1530. The van der Waals surface area contributed by atoms with E-state index in [4.69, 9.17) is 23.7 Å². The Labute approximate surface area is 285 Å². The Balaban J connectivity index is 1.48. The largest absolute Gasteiger partial charge is 0.491 e. The number of nitrogens with zero attached hydrogens (tertiary/aromatic N) is 1. The zero-order chi connectivity index (χ0) is 36.8. The number of ether oxygens (including phenoxy) is 5. The van der Waals surface area contributed by atoms with Crippen LogP contribution in [0, 0.1) is 0 Å². The maximum atomic E-state index is 12.6. The van der Waals surface area contributed by atoms with Crippen LogP contribution >= 0.6 is 0 Å². The fourth-order valence-corrected chi connectivity index (χ4v) is 5.19. The number of amides is 5. The van der Waals surface area contributed by atoms with E-state index in [0.29, 0.717) is 5.56 Å². The second kappa shape index (κ2) is 18.8. The third-order valence-electron chi connectivity index (χ3n) is 6.93. The molecule has 4 unspecified atom stereocenters. The van der Waals surface area contributed by atoms with Crippen LogP contribution in [0.4, 0.5) is 4.79 Å². The average Bonchev–Trinajstić information content (AvgIpc) is 3.37. The van der Waals surface area contributed by atoms with Crippen LogP contribution in [0.15, 0.2) is 30.4 Å². The van der Waals surface area contributed by atoms with Gasteiger partial charge in [-0.25, -0.2) is 9.59 Å². The molecule has 1 saturated heterocycles. The van der Waals surface area contributed by atoms with Gasteiger partial charge in [-0.1, -0.05) is 0 Å². The van der Waals surface area contributed by atoms with Crippen molar-refractivity contribution in [2.75, 3.05) is 45.7 Å². The number of hydrogen-bond donors (Lipinski definition) is 6. The van der Waals surface area contributed by atoms with Crippen LogP contribution in [0.25, 0.3) is 0 Å². The van der Waals surface area contributed by atoms with E-state index in [-0.39, 0.29) is 63.9 Å². The van der Waals surface area contributed by atoms with Crippen LogP contribution in [0.3, 0.4) is 0 Å². The summed E-state index contributed by atoms with van der Waals surface area (Å²) in [7, 11) is -3.32. The standard InChI is InChI=1S/C29H38N4O16S/c1-30-29(41)47-15-17-2-3-19(48-26-13-18(34)12-22(49-26)28(39)40)14-21(17)46-11-10-45-9-7-31-27(38)20(16-50(42,43)44)32-23(35)6-8-33-24(36)4-5-25(33)37/h2-5,14,18,20,22,26,34H,6-13,15-16H2,1H3,(H,30,41)(H,31,38)(H,32,35)(H,39,40)(H,42,43,44). The number of carboxylic acids is 1. The summed E-state index contributed by atoms with van der Waals surface area (Å²) >= 11 is 0. The molecule has 0 aromatic heterocycles. The van der Waals surface area contributed by atoms with E-state index in [9.17, 15) is 52.0 Å². The van der Waals surface area contributed by atoms with Crippen LogP contribution in [0.1, 0.15) is 24.8 Å². The number of carbonyl (C=O) groups excluding carboxylic acids is 5. The first kappa shape index (κ1) is 39.6. The molecule has 2 aliphatic rings. The topological polar surface area (TPSA) is 283 Å². The fourth-order valence-electron chi connectivity index (χ4n) is 4.53. The molecule has 0 aliphatic carbocycles. The third kappa shape index (κ3) is 13.2. The van der Waals surface area contributed by atoms with Crippen molar-refractivity contribution in [3.63, 3.8) is 0 Å². The first-order chi connectivity index (χ1) is 23.6. The van der Waals surface area contributed by atoms with Gasteiger partial charge in [0.25, 0.3) is 21.9 Å². The van der Waals surface area contributed by atoms with Crippen molar-refractivity contribution in [2.45, 2.75) is 50.4 Å². The number of carboxylic acid groups (broad SMARTS) is 1. The first-order valence-electron chi connectivity index (χ1n) is 15.1. The number of imide groups is 1. The number of aliphatic hydroxyl groups excluding tert-OH is 1. The predicted octanol–water partition coefficient (Wildman–Crippen LogP) is -1.93. The number of hydrogen-bond acceptors (Lipinski definition) is 14. The van der Waals surface area contributed by atoms with Crippen molar-refractivity contribution in [3.8, 4) is 11.5 Å². The molecule has 2 aliphatic heterocycles. The Hall–Kier alpha value is -4.83. The number of alkyl carbamates (subject to hydrolysis) is 1. The van der Waals surface area contributed by atoms with Gasteiger partial charge >= 0.3 is 12.1 Å². The number of nitrogens with one attached hydrogen (secondary N) is 3.